The minimum absolute atomic E-state index is 0.283. The molecular formula is C11H15N3O2. The van der Waals surface area contributed by atoms with E-state index in [0.29, 0.717) is 18.8 Å². The number of primary amides is 1. The lowest BCUT2D eigenvalue weighted by atomic mass is 9.93. The Morgan fingerprint density at radius 1 is 1.62 bits per heavy atom. The second-order valence-electron chi connectivity index (χ2n) is 4.23. The zero-order chi connectivity index (χ0) is 12.2. The summed E-state index contributed by atoms with van der Waals surface area (Å²) in [5, 5.41) is 11.6. The number of carbonyl (C=O) groups is 1. The smallest absolute Gasteiger partial charge is 0.224 e. The Hall–Kier alpha value is -1.80. The molecule has 86 valence electrons. The first kappa shape index (κ1) is 12.3. The lowest BCUT2D eigenvalue weighted by Crippen LogP contribution is -2.40. The van der Waals surface area contributed by atoms with Gasteiger partial charge in [0.2, 0.25) is 11.7 Å². The van der Waals surface area contributed by atoms with Gasteiger partial charge in [-0.05, 0) is 26.0 Å². The third-order valence-corrected chi connectivity index (χ3v) is 2.31. The molecule has 1 rings (SSSR count). The van der Waals surface area contributed by atoms with Gasteiger partial charge in [-0.2, -0.15) is 5.26 Å². The molecular weight excluding hydrogens is 206 g/mol. The van der Waals surface area contributed by atoms with Crippen LogP contribution in [0.25, 0.3) is 0 Å². The molecule has 0 fully saturated rings. The van der Waals surface area contributed by atoms with Gasteiger partial charge in [-0.25, -0.2) is 0 Å². The van der Waals surface area contributed by atoms with Gasteiger partial charge in [-0.3, -0.25) is 4.79 Å². The lowest BCUT2D eigenvalue weighted by molar-refractivity contribution is -0.125. The van der Waals surface area contributed by atoms with Crippen molar-refractivity contribution in [1.82, 2.24) is 5.32 Å². The van der Waals surface area contributed by atoms with Crippen molar-refractivity contribution in [2.45, 2.75) is 20.4 Å². The molecule has 0 aliphatic heterocycles. The van der Waals surface area contributed by atoms with Crippen molar-refractivity contribution in [2.75, 3.05) is 6.54 Å². The summed E-state index contributed by atoms with van der Waals surface area (Å²) in [7, 11) is 0. The summed E-state index contributed by atoms with van der Waals surface area (Å²) in [6, 6.07) is 5.24. The highest BCUT2D eigenvalue weighted by Crippen LogP contribution is 2.12. The first-order valence-electron chi connectivity index (χ1n) is 4.95. The Kier molecular flexibility index (Phi) is 3.69. The molecule has 0 saturated carbocycles. The molecule has 0 radical (unpaired) electrons. The summed E-state index contributed by atoms with van der Waals surface area (Å²) in [6.07, 6.45) is 0. The van der Waals surface area contributed by atoms with Gasteiger partial charge in [-0.15, -0.1) is 0 Å². The van der Waals surface area contributed by atoms with Crippen LogP contribution in [-0.2, 0) is 11.3 Å². The molecule has 0 spiro atoms. The fourth-order valence-electron chi connectivity index (χ4n) is 1.12. The van der Waals surface area contributed by atoms with Crippen molar-refractivity contribution in [1.29, 1.82) is 5.26 Å². The summed E-state index contributed by atoms with van der Waals surface area (Å²) in [5.41, 5.74) is 4.64. The predicted octanol–water partition coefficient (Wildman–Crippen LogP) is 0.752. The summed E-state index contributed by atoms with van der Waals surface area (Å²) >= 11 is 0. The van der Waals surface area contributed by atoms with Gasteiger partial charge >= 0.3 is 0 Å². The number of hydrogen-bond acceptors (Lipinski definition) is 4. The standard InChI is InChI=1S/C11H15N3O2/c1-11(2,10(13)15)7-14-6-9-4-3-8(5-12)16-9/h3-4,14H,6-7H2,1-2H3,(H2,13,15). The molecule has 5 heteroatoms. The molecule has 1 aromatic rings. The van der Waals surface area contributed by atoms with Gasteiger partial charge in [0.25, 0.3) is 0 Å². The Bertz CT molecular complexity index is 415. The number of nitrogens with zero attached hydrogens (tertiary/aromatic N) is 1. The molecule has 16 heavy (non-hydrogen) atoms. The zero-order valence-corrected chi connectivity index (χ0v) is 9.41. The van der Waals surface area contributed by atoms with Crippen molar-refractivity contribution < 1.29 is 9.21 Å². The fraction of sp³-hybridized carbons (Fsp3) is 0.455. The molecule has 0 aromatic carbocycles. The normalized spacial score (nSPS) is 11.1. The summed E-state index contributed by atoms with van der Waals surface area (Å²) in [4.78, 5) is 11.0. The first-order chi connectivity index (χ1) is 7.45. The van der Waals surface area contributed by atoms with Crippen LogP contribution in [0.3, 0.4) is 0 Å². The Balaban J connectivity index is 2.42. The van der Waals surface area contributed by atoms with Crippen LogP contribution in [-0.4, -0.2) is 12.5 Å². The molecule has 0 unspecified atom stereocenters. The van der Waals surface area contributed by atoms with E-state index < -0.39 is 5.41 Å². The molecule has 0 bridgehead atoms. The predicted molar refractivity (Wildman–Crippen MR) is 58.1 cm³/mol. The topological polar surface area (TPSA) is 92.1 Å². The second-order valence-corrected chi connectivity index (χ2v) is 4.23. The molecule has 1 aromatic heterocycles. The van der Waals surface area contributed by atoms with Gasteiger partial charge in [-0.1, -0.05) is 0 Å². The average molecular weight is 221 g/mol. The average Bonchev–Trinajstić information content (AvgIpc) is 2.65. The van der Waals surface area contributed by atoms with Crippen molar-refractivity contribution in [3.8, 4) is 6.07 Å². The van der Waals surface area contributed by atoms with E-state index in [1.165, 1.54) is 0 Å². The summed E-state index contributed by atoms with van der Waals surface area (Å²) < 4.78 is 5.17. The minimum Gasteiger partial charge on any atom is -0.449 e. The van der Waals surface area contributed by atoms with Crippen LogP contribution in [0.1, 0.15) is 25.4 Å². The number of rotatable bonds is 5. The number of furan rings is 1. The second kappa shape index (κ2) is 4.81. The van der Waals surface area contributed by atoms with Crippen LogP contribution in [0.5, 0.6) is 0 Å². The van der Waals surface area contributed by atoms with Crippen LogP contribution in [0.15, 0.2) is 16.5 Å². The quantitative estimate of drug-likeness (QED) is 0.767. The maximum atomic E-state index is 11.0. The molecule has 0 aliphatic carbocycles. The molecule has 5 nitrogen and oxygen atoms in total. The van der Waals surface area contributed by atoms with Crippen molar-refractivity contribution in [3.05, 3.63) is 23.7 Å². The molecule has 1 heterocycles. The van der Waals surface area contributed by atoms with E-state index in [-0.39, 0.29) is 11.7 Å². The third kappa shape index (κ3) is 3.11. The number of carbonyl (C=O) groups excluding carboxylic acids is 1. The fourth-order valence-corrected chi connectivity index (χ4v) is 1.12. The van der Waals surface area contributed by atoms with E-state index in [1.54, 1.807) is 26.0 Å². The molecule has 0 saturated heterocycles. The largest absolute Gasteiger partial charge is 0.449 e. The molecule has 0 atom stereocenters. The lowest BCUT2D eigenvalue weighted by Gasteiger charge is -2.20. The van der Waals surface area contributed by atoms with E-state index in [9.17, 15) is 4.79 Å². The first-order valence-corrected chi connectivity index (χ1v) is 4.95. The SMILES string of the molecule is CC(C)(CNCc1ccc(C#N)o1)C(N)=O. The molecule has 0 aliphatic rings. The maximum absolute atomic E-state index is 11.0. The Labute approximate surface area is 94.2 Å². The number of hydrogen-bond donors (Lipinski definition) is 2. The van der Waals surface area contributed by atoms with Crippen molar-refractivity contribution in [3.63, 3.8) is 0 Å². The number of nitrogens with two attached hydrogens (primary N) is 1. The molecule has 3 N–H and O–H groups in total. The Morgan fingerprint density at radius 3 is 2.81 bits per heavy atom. The molecule has 1 amide bonds. The van der Waals surface area contributed by atoms with Crippen LogP contribution in [0.4, 0.5) is 0 Å². The summed E-state index contributed by atoms with van der Waals surface area (Å²) in [6.45, 7) is 4.47. The van der Waals surface area contributed by atoms with E-state index in [1.807, 2.05) is 6.07 Å². The van der Waals surface area contributed by atoms with Crippen LogP contribution >= 0.6 is 0 Å². The van der Waals surface area contributed by atoms with E-state index in [2.05, 4.69) is 5.32 Å². The van der Waals surface area contributed by atoms with E-state index >= 15 is 0 Å². The number of nitrogens with one attached hydrogen (secondary N) is 1. The number of nitriles is 1. The highest BCUT2D eigenvalue weighted by molar-refractivity contribution is 5.80. The van der Waals surface area contributed by atoms with E-state index in [4.69, 9.17) is 15.4 Å². The van der Waals surface area contributed by atoms with Gasteiger partial charge in [0, 0.05) is 6.54 Å². The van der Waals surface area contributed by atoms with Crippen LogP contribution < -0.4 is 11.1 Å². The highest BCUT2D eigenvalue weighted by atomic mass is 16.3. The van der Waals surface area contributed by atoms with Gasteiger partial charge in [0.05, 0.1) is 12.0 Å². The third-order valence-electron chi connectivity index (χ3n) is 2.31. The monoisotopic (exact) mass is 221 g/mol. The van der Waals surface area contributed by atoms with Gasteiger partial charge < -0.3 is 15.5 Å². The van der Waals surface area contributed by atoms with Crippen molar-refractivity contribution >= 4 is 5.91 Å². The van der Waals surface area contributed by atoms with Gasteiger partial charge in [0.15, 0.2) is 0 Å². The Morgan fingerprint density at radius 2 is 2.31 bits per heavy atom. The van der Waals surface area contributed by atoms with E-state index in [0.717, 1.165) is 0 Å². The van der Waals surface area contributed by atoms with Crippen LogP contribution in [0, 0.1) is 16.7 Å². The van der Waals surface area contributed by atoms with Gasteiger partial charge in [0.1, 0.15) is 11.8 Å². The summed E-state index contributed by atoms with van der Waals surface area (Å²) in [5.74, 6) is 0.597. The minimum atomic E-state index is -0.593. The van der Waals surface area contributed by atoms with Crippen LogP contribution in [0.2, 0.25) is 0 Å². The zero-order valence-electron chi connectivity index (χ0n) is 9.41. The highest BCUT2D eigenvalue weighted by Gasteiger charge is 2.24. The maximum Gasteiger partial charge on any atom is 0.224 e. The van der Waals surface area contributed by atoms with Crippen molar-refractivity contribution in [2.24, 2.45) is 11.1 Å². The number of amides is 1.